The summed E-state index contributed by atoms with van der Waals surface area (Å²) in [7, 11) is 0. The van der Waals surface area contributed by atoms with Gasteiger partial charge in [-0.1, -0.05) is 121 Å². The molecule has 0 bridgehead atoms. The Hall–Kier alpha value is -1.92. The lowest BCUT2D eigenvalue weighted by Crippen LogP contribution is -2.28. The van der Waals surface area contributed by atoms with Gasteiger partial charge in [-0.15, -0.1) is 0 Å². The molecule has 0 aliphatic rings. The zero-order valence-corrected chi connectivity index (χ0v) is 26.1. The van der Waals surface area contributed by atoms with Gasteiger partial charge in [-0.2, -0.15) is 0 Å². The van der Waals surface area contributed by atoms with Gasteiger partial charge in [0.2, 0.25) is 0 Å². The van der Waals surface area contributed by atoms with Gasteiger partial charge in [-0.05, 0) is 53.0 Å². The van der Waals surface area contributed by atoms with Crippen molar-refractivity contribution < 1.29 is 29.1 Å². The average molecular weight is 551 g/mol. The molecular weight excluding hydrogens is 492 g/mol. The molecule has 1 rings (SSSR count). The first-order chi connectivity index (χ1) is 18.5. The van der Waals surface area contributed by atoms with Crippen molar-refractivity contribution in [1.29, 1.82) is 0 Å². The van der Waals surface area contributed by atoms with Gasteiger partial charge in [0.15, 0.2) is 0 Å². The maximum absolute atomic E-state index is 11.5. The van der Waals surface area contributed by atoms with Gasteiger partial charge in [-0.25, -0.2) is 29.1 Å². The minimum atomic E-state index is -0.434. The van der Waals surface area contributed by atoms with E-state index in [-0.39, 0.29) is 5.60 Å². The Morgan fingerprint density at radius 2 is 0.949 bits per heavy atom. The molecule has 0 aliphatic heterocycles. The van der Waals surface area contributed by atoms with Gasteiger partial charge in [-0.3, -0.25) is 0 Å². The van der Waals surface area contributed by atoms with Gasteiger partial charge in [0, 0.05) is 0 Å². The van der Waals surface area contributed by atoms with Crippen LogP contribution in [0.15, 0.2) is 30.3 Å². The second-order valence-electron chi connectivity index (χ2n) is 11.8. The van der Waals surface area contributed by atoms with Gasteiger partial charge in [0.1, 0.15) is 5.60 Å². The number of carbonyl (C=O) groups is 2. The fourth-order valence-corrected chi connectivity index (χ4v) is 3.75. The van der Waals surface area contributed by atoms with Crippen LogP contribution >= 0.6 is 0 Å². The number of hydrogen-bond donors (Lipinski definition) is 0. The summed E-state index contributed by atoms with van der Waals surface area (Å²) in [6.45, 7) is 14.3. The molecular formula is C33H58O6. The van der Waals surface area contributed by atoms with E-state index in [0.717, 1.165) is 44.1 Å². The smallest absolute Gasteiger partial charge is 0.247 e. The first kappa shape index (κ1) is 37.1. The van der Waals surface area contributed by atoms with Gasteiger partial charge in [0.05, 0.1) is 18.4 Å². The first-order valence-corrected chi connectivity index (χ1v) is 15.3. The predicted octanol–water partition coefficient (Wildman–Crippen LogP) is 9.94. The van der Waals surface area contributed by atoms with Crippen LogP contribution in [0, 0.1) is 0 Å². The molecule has 226 valence electrons. The topological polar surface area (TPSA) is 71.1 Å². The molecule has 0 unspecified atom stereocenters. The molecule has 0 amide bonds. The monoisotopic (exact) mass is 550 g/mol. The number of unbranched alkanes of at least 4 members (excludes halogenated alkanes) is 12. The van der Waals surface area contributed by atoms with Crippen LogP contribution in [0.25, 0.3) is 0 Å². The molecule has 1 aromatic rings. The highest BCUT2D eigenvalue weighted by atomic mass is 17.2. The number of rotatable bonds is 19. The molecule has 0 aliphatic carbocycles. The van der Waals surface area contributed by atoms with E-state index in [0.29, 0.717) is 12.8 Å². The molecule has 0 heterocycles. The zero-order chi connectivity index (χ0) is 29.4. The Labute approximate surface area is 239 Å². The molecule has 0 spiro atoms. The van der Waals surface area contributed by atoms with E-state index >= 15 is 0 Å². The van der Waals surface area contributed by atoms with E-state index in [1.165, 1.54) is 51.4 Å². The lowest BCUT2D eigenvalue weighted by Gasteiger charge is -2.28. The molecule has 39 heavy (non-hydrogen) atoms. The molecule has 0 saturated carbocycles. The fraction of sp³-hybridized carbons (Fsp3) is 0.758. The Balaban J connectivity index is 0.000000820. The number of benzene rings is 1. The fourth-order valence-electron chi connectivity index (χ4n) is 3.75. The molecule has 0 atom stereocenters. The summed E-state index contributed by atoms with van der Waals surface area (Å²) in [5, 5.41) is 0. The van der Waals surface area contributed by atoms with Gasteiger partial charge in [0.25, 0.3) is 0 Å². The van der Waals surface area contributed by atoms with Gasteiger partial charge < -0.3 is 0 Å². The van der Waals surface area contributed by atoms with Crippen LogP contribution in [-0.2, 0) is 34.7 Å². The van der Waals surface area contributed by atoms with E-state index in [9.17, 15) is 9.59 Å². The molecule has 0 radical (unpaired) electrons. The zero-order valence-electron chi connectivity index (χ0n) is 26.1. The third kappa shape index (κ3) is 23.7. The van der Waals surface area contributed by atoms with E-state index in [4.69, 9.17) is 9.78 Å². The summed E-state index contributed by atoms with van der Waals surface area (Å²) in [6.07, 6.45) is 16.7. The maximum Gasteiger partial charge on any atom is 0.355 e. The van der Waals surface area contributed by atoms with Gasteiger partial charge >= 0.3 is 11.9 Å². The lowest BCUT2D eigenvalue weighted by atomic mass is 9.99. The molecule has 0 fully saturated rings. The second-order valence-corrected chi connectivity index (χ2v) is 11.8. The minimum Gasteiger partial charge on any atom is -0.247 e. The van der Waals surface area contributed by atoms with E-state index < -0.39 is 17.5 Å². The van der Waals surface area contributed by atoms with Crippen LogP contribution in [0.4, 0.5) is 0 Å². The number of carbonyl (C=O) groups excluding carboxylic acids is 2. The van der Waals surface area contributed by atoms with Crippen molar-refractivity contribution in [1.82, 2.24) is 0 Å². The quantitative estimate of drug-likeness (QED) is 0.0969. The summed E-state index contributed by atoms with van der Waals surface area (Å²) in [5.74, 6) is -0.868. The Kier molecular flexibility index (Phi) is 21.7. The normalized spacial score (nSPS) is 11.5. The molecule has 0 N–H and O–H groups in total. The predicted molar refractivity (Wildman–Crippen MR) is 159 cm³/mol. The van der Waals surface area contributed by atoms with Crippen molar-refractivity contribution in [2.24, 2.45) is 0 Å². The average Bonchev–Trinajstić information content (AvgIpc) is 2.90. The highest BCUT2D eigenvalue weighted by molar-refractivity contribution is 5.72. The van der Waals surface area contributed by atoms with Crippen molar-refractivity contribution in [3.63, 3.8) is 0 Å². The first-order valence-electron chi connectivity index (χ1n) is 15.3. The third-order valence-electron chi connectivity index (χ3n) is 6.17. The Bertz CT molecular complexity index is 693. The molecule has 6 heteroatoms. The summed E-state index contributed by atoms with van der Waals surface area (Å²) >= 11 is 0. The van der Waals surface area contributed by atoms with Crippen molar-refractivity contribution in [3.05, 3.63) is 35.9 Å². The standard InChI is InChI=1S/C20H38O4.C13H20O2/c1-3-5-7-9-11-13-15-17-19(21)23-24-20(22)18-16-14-12-10-8-6-4-2;1-12(2,3)14-15-13(4,5)11-9-7-6-8-10-11/h3-18H2,1-2H3;6-10H,1-5H3. The lowest BCUT2D eigenvalue weighted by molar-refractivity contribution is -0.401. The van der Waals surface area contributed by atoms with Crippen LogP contribution in [0.1, 0.15) is 157 Å². The maximum atomic E-state index is 11.5. The van der Waals surface area contributed by atoms with E-state index in [1.807, 2.05) is 65.0 Å². The summed E-state index contributed by atoms with van der Waals surface area (Å²) in [4.78, 5) is 42.9. The Morgan fingerprint density at radius 3 is 1.33 bits per heavy atom. The highest BCUT2D eigenvalue weighted by Gasteiger charge is 2.25. The highest BCUT2D eigenvalue weighted by Crippen LogP contribution is 2.26. The third-order valence-corrected chi connectivity index (χ3v) is 6.17. The molecule has 0 saturated heterocycles. The van der Waals surface area contributed by atoms with Crippen molar-refractivity contribution in [2.45, 2.75) is 162 Å². The van der Waals surface area contributed by atoms with E-state index in [1.54, 1.807) is 0 Å². The van der Waals surface area contributed by atoms with Crippen LogP contribution in [0.5, 0.6) is 0 Å². The largest absolute Gasteiger partial charge is 0.355 e. The van der Waals surface area contributed by atoms with Crippen LogP contribution in [0.3, 0.4) is 0 Å². The molecule has 6 nitrogen and oxygen atoms in total. The number of hydrogen-bond acceptors (Lipinski definition) is 6. The van der Waals surface area contributed by atoms with Crippen LogP contribution in [-0.4, -0.2) is 17.5 Å². The van der Waals surface area contributed by atoms with Crippen LogP contribution < -0.4 is 0 Å². The summed E-state index contributed by atoms with van der Waals surface area (Å²) in [5.41, 5.74) is 0.398. The molecule has 0 aromatic heterocycles. The summed E-state index contributed by atoms with van der Waals surface area (Å²) < 4.78 is 0. The SMILES string of the molecule is CC(C)(C)OOC(C)(C)c1ccccc1.CCCCCCCCCC(=O)OOC(=O)CCCCCCCCC. The van der Waals surface area contributed by atoms with Crippen molar-refractivity contribution in [3.8, 4) is 0 Å². The second kappa shape index (κ2) is 22.9. The van der Waals surface area contributed by atoms with E-state index in [2.05, 4.69) is 23.6 Å². The Morgan fingerprint density at radius 1 is 0.564 bits per heavy atom. The van der Waals surface area contributed by atoms with Crippen LogP contribution in [0.2, 0.25) is 0 Å². The molecule has 1 aromatic carbocycles. The minimum absolute atomic E-state index is 0.286. The van der Waals surface area contributed by atoms with Crippen molar-refractivity contribution in [2.75, 3.05) is 0 Å². The van der Waals surface area contributed by atoms with Crippen molar-refractivity contribution >= 4 is 11.9 Å². The summed E-state index contributed by atoms with van der Waals surface area (Å²) in [6, 6.07) is 10.1.